The molecule has 1 aromatic heterocycles. The molecule has 0 atom stereocenters. The lowest BCUT2D eigenvalue weighted by Gasteiger charge is -2.08. The molecule has 0 N–H and O–H groups in total. The van der Waals surface area contributed by atoms with Gasteiger partial charge in [-0.3, -0.25) is 10.1 Å². The van der Waals surface area contributed by atoms with E-state index in [0.717, 1.165) is 11.8 Å². The Balaban J connectivity index is 2.33. The number of hydrogen-bond donors (Lipinski definition) is 0. The van der Waals surface area contributed by atoms with Gasteiger partial charge in [-0.05, 0) is 25.1 Å². The van der Waals surface area contributed by atoms with Gasteiger partial charge in [0.25, 0.3) is 10.0 Å². The maximum absolute atomic E-state index is 13.4. The zero-order chi connectivity index (χ0) is 20.7. The molecule has 0 radical (unpaired) electrons. The van der Waals surface area contributed by atoms with Crippen molar-refractivity contribution in [1.82, 2.24) is 3.97 Å². The second-order valence-electron chi connectivity index (χ2n) is 6.00. The number of rotatable bonds is 4. The molecule has 0 saturated carbocycles. The van der Waals surface area contributed by atoms with Crippen LogP contribution >= 0.6 is 0 Å². The number of nitrogens with zero attached hydrogens (tertiary/aromatic N) is 2. The summed E-state index contributed by atoms with van der Waals surface area (Å²) in [5.41, 5.74) is -1.33. The number of benzene rings is 2. The molecule has 146 valence electrons. The number of nitro groups is 1. The highest BCUT2D eigenvalue weighted by Crippen LogP contribution is 2.39. The molecule has 0 aliphatic rings. The summed E-state index contributed by atoms with van der Waals surface area (Å²) in [5.74, 6) is 0. The molecule has 0 amide bonds. The van der Waals surface area contributed by atoms with Crippen molar-refractivity contribution in [2.24, 2.45) is 0 Å². The van der Waals surface area contributed by atoms with E-state index in [1.807, 2.05) is 0 Å². The molecule has 10 heteroatoms. The first-order valence-corrected chi connectivity index (χ1v) is 9.31. The van der Waals surface area contributed by atoms with E-state index in [4.69, 9.17) is 0 Å². The van der Waals surface area contributed by atoms with Crippen LogP contribution in [0.25, 0.3) is 16.5 Å². The number of hydrogen-bond acceptors (Lipinski definition) is 4. The minimum atomic E-state index is -5.05. The monoisotopic (exact) mass is 410 g/mol. The number of alkyl halides is 3. The summed E-state index contributed by atoms with van der Waals surface area (Å²) < 4.78 is 67.0. The van der Waals surface area contributed by atoms with Crippen molar-refractivity contribution in [2.75, 3.05) is 0 Å². The van der Waals surface area contributed by atoms with Crippen LogP contribution in [0.5, 0.6) is 0 Å². The third-order valence-corrected chi connectivity index (χ3v) is 5.77. The Morgan fingerprint density at radius 1 is 1.11 bits per heavy atom. The Bertz CT molecular complexity index is 1190. The molecule has 0 saturated heterocycles. The van der Waals surface area contributed by atoms with Crippen LogP contribution in [0.1, 0.15) is 11.1 Å². The summed E-state index contributed by atoms with van der Waals surface area (Å²) in [6.45, 7) is 1.76. The highest BCUT2D eigenvalue weighted by atomic mass is 32.2. The molecule has 0 aliphatic heterocycles. The van der Waals surface area contributed by atoms with E-state index >= 15 is 0 Å². The first-order chi connectivity index (χ1) is 13.0. The second kappa shape index (κ2) is 6.79. The average molecular weight is 410 g/mol. The molecule has 1 heterocycles. The standard InChI is InChI=1S/C18H13F3N2O4S/c1-12-6-8-13(9-7-12)28(26,27)22-10-15(14-4-2-3-5-17(14)22)16(11-23(24)25)18(19,20)21/h2-11H,1H3/b16-11-. The zero-order valence-electron chi connectivity index (χ0n) is 14.3. The smallest absolute Gasteiger partial charge is 0.259 e. The fraction of sp³-hybridized carbons (Fsp3) is 0.111. The zero-order valence-corrected chi connectivity index (χ0v) is 15.2. The Morgan fingerprint density at radius 2 is 1.71 bits per heavy atom. The molecule has 0 bridgehead atoms. The summed E-state index contributed by atoms with van der Waals surface area (Å²) in [5, 5.41) is 10.7. The van der Waals surface area contributed by atoms with Crippen LogP contribution in [0.2, 0.25) is 0 Å². The van der Waals surface area contributed by atoms with E-state index in [9.17, 15) is 31.7 Å². The van der Waals surface area contributed by atoms with Crippen LogP contribution in [0, 0.1) is 17.0 Å². The van der Waals surface area contributed by atoms with Gasteiger partial charge in [-0.15, -0.1) is 0 Å². The molecule has 3 rings (SSSR count). The van der Waals surface area contributed by atoms with E-state index in [0.29, 0.717) is 3.97 Å². The third kappa shape index (κ3) is 3.50. The molecule has 0 unspecified atom stereocenters. The van der Waals surface area contributed by atoms with Gasteiger partial charge in [0.15, 0.2) is 0 Å². The maximum atomic E-state index is 13.4. The Kier molecular flexibility index (Phi) is 4.76. The molecular formula is C18H13F3N2O4S. The summed E-state index contributed by atoms with van der Waals surface area (Å²) in [7, 11) is -4.22. The van der Waals surface area contributed by atoms with Gasteiger partial charge in [-0.1, -0.05) is 35.9 Å². The molecular weight excluding hydrogens is 397 g/mol. The van der Waals surface area contributed by atoms with Gasteiger partial charge in [-0.2, -0.15) is 13.2 Å². The van der Waals surface area contributed by atoms with Crippen LogP contribution in [-0.4, -0.2) is 23.5 Å². The van der Waals surface area contributed by atoms with Crippen molar-refractivity contribution in [2.45, 2.75) is 18.0 Å². The lowest BCUT2D eigenvalue weighted by atomic mass is 10.1. The molecule has 3 aromatic rings. The van der Waals surface area contributed by atoms with Gasteiger partial charge in [0.2, 0.25) is 6.20 Å². The van der Waals surface area contributed by atoms with Crippen LogP contribution in [0.15, 0.2) is 65.8 Å². The van der Waals surface area contributed by atoms with Crippen LogP contribution in [0.3, 0.4) is 0 Å². The lowest BCUT2D eigenvalue weighted by Crippen LogP contribution is -2.13. The minimum Gasteiger partial charge on any atom is -0.259 e. The van der Waals surface area contributed by atoms with Gasteiger partial charge in [-0.25, -0.2) is 12.4 Å². The summed E-state index contributed by atoms with van der Waals surface area (Å²) in [4.78, 5) is 9.39. The predicted octanol–water partition coefficient (Wildman–Crippen LogP) is 4.37. The van der Waals surface area contributed by atoms with Crippen LogP contribution in [-0.2, 0) is 10.0 Å². The van der Waals surface area contributed by atoms with Gasteiger partial charge in [0, 0.05) is 17.1 Å². The number of allylic oxidation sites excluding steroid dienone is 1. The fourth-order valence-electron chi connectivity index (χ4n) is 2.79. The quantitative estimate of drug-likeness (QED) is 0.473. The van der Waals surface area contributed by atoms with Crippen molar-refractivity contribution in [3.05, 3.63) is 82.2 Å². The maximum Gasteiger partial charge on any atom is 0.423 e. The molecule has 2 aromatic carbocycles. The first-order valence-electron chi connectivity index (χ1n) is 7.87. The predicted molar refractivity (Wildman–Crippen MR) is 96.7 cm³/mol. The number of aryl methyl sites for hydroxylation is 1. The van der Waals surface area contributed by atoms with Crippen molar-refractivity contribution < 1.29 is 26.5 Å². The molecule has 0 aliphatic carbocycles. The second-order valence-corrected chi connectivity index (χ2v) is 7.81. The average Bonchev–Trinajstić information content (AvgIpc) is 2.99. The minimum absolute atomic E-state index is 0.0171. The highest BCUT2D eigenvalue weighted by Gasteiger charge is 2.40. The lowest BCUT2D eigenvalue weighted by molar-refractivity contribution is -0.402. The van der Waals surface area contributed by atoms with E-state index in [1.54, 1.807) is 19.1 Å². The van der Waals surface area contributed by atoms with E-state index in [-0.39, 0.29) is 22.0 Å². The topological polar surface area (TPSA) is 82.2 Å². The van der Waals surface area contributed by atoms with Crippen molar-refractivity contribution in [3.8, 4) is 0 Å². The largest absolute Gasteiger partial charge is 0.423 e. The molecule has 6 nitrogen and oxygen atoms in total. The number of halogens is 3. The highest BCUT2D eigenvalue weighted by molar-refractivity contribution is 7.90. The number of fused-ring (bicyclic) bond motifs is 1. The molecule has 28 heavy (non-hydrogen) atoms. The Morgan fingerprint density at radius 3 is 2.29 bits per heavy atom. The summed E-state index contributed by atoms with van der Waals surface area (Å²) in [6.07, 6.45) is -4.44. The van der Waals surface area contributed by atoms with Crippen molar-refractivity contribution in [3.63, 3.8) is 0 Å². The first kappa shape index (κ1) is 19.6. The van der Waals surface area contributed by atoms with Crippen molar-refractivity contribution in [1.29, 1.82) is 0 Å². The summed E-state index contributed by atoms with van der Waals surface area (Å²) >= 11 is 0. The Labute approximate surface area is 157 Å². The van der Waals surface area contributed by atoms with Crippen molar-refractivity contribution >= 4 is 26.5 Å². The van der Waals surface area contributed by atoms with Gasteiger partial charge in [0.05, 0.1) is 15.3 Å². The van der Waals surface area contributed by atoms with E-state index in [2.05, 4.69) is 0 Å². The molecule has 0 fully saturated rings. The van der Waals surface area contributed by atoms with Crippen LogP contribution in [0.4, 0.5) is 13.2 Å². The normalized spacial score (nSPS) is 13.1. The SMILES string of the molecule is Cc1ccc(S(=O)(=O)n2cc(/C(=C/[N+](=O)[O-])C(F)(F)F)c3ccccc32)cc1. The van der Waals surface area contributed by atoms with Gasteiger partial charge >= 0.3 is 6.18 Å². The molecule has 0 spiro atoms. The Hall–Kier alpha value is -3.14. The third-order valence-electron chi connectivity index (χ3n) is 4.09. The van der Waals surface area contributed by atoms with Gasteiger partial charge in [0.1, 0.15) is 5.57 Å². The van der Waals surface area contributed by atoms with E-state index in [1.165, 1.54) is 36.4 Å². The fourth-order valence-corrected chi connectivity index (χ4v) is 4.16. The number of aromatic nitrogens is 1. The number of para-hydroxylation sites is 1. The summed E-state index contributed by atoms with van der Waals surface area (Å²) in [6, 6.07) is 11.3. The van der Waals surface area contributed by atoms with E-state index < -0.39 is 32.3 Å². The van der Waals surface area contributed by atoms with Gasteiger partial charge < -0.3 is 0 Å². The van der Waals surface area contributed by atoms with Crippen LogP contribution < -0.4 is 0 Å².